The summed E-state index contributed by atoms with van der Waals surface area (Å²) in [6.07, 6.45) is 5.36. The number of aromatic hydroxyl groups is 2. The van der Waals surface area contributed by atoms with E-state index in [2.05, 4.69) is 4.98 Å². The fourth-order valence-electron chi connectivity index (χ4n) is 2.51. The number of H-pyrrole nitrogens is 1. The number of aliphatic hydroxyl groups is 1. The van der Waals surface area contributed by atoms with Crippen LogP contribution in [-0.2, 0) is 0 Å². The molecular formula is C21H23NO5. The standard InChI is InChI=1S/C21H23NO5/c1-12(10-13(2)14(3)23)4-9-18(25)19-20(26)17(11-22-21(19)27)15-5-7-16(24)8-6-15/h4-11,13-14,23-24H,1-3H3,(H2,22,26,27). The van der Waals surface area contributed by atoms with E-state index in [-0.39, 0.29) is 22.8 Å². The van der Waals surface area contributed by atoms with Gasteiger partial charge in [0.2, 0.25) is 0 Å². The second-order valence-electron chi connectivity index (χ2n) is 6.51. The number of rotatable bonds is 6. The number of phenols is 1. The van der Waals surface area contributed by atoms with E-state index in [9.17, 15) is 24.9 Å². The Morgan fingerprint density at radius 2 is 1.74 bits per heavy atom. The molecule has 4 N–H and O–H groups in total. The quantitative estimate of drug-likeness (QED) is 0.355. The number of hydrogen-bond donors (Lipinski definition) is 4. The van der Waals surface area contributed by atoms with Gasteiger partial charge < -0.3 is 20.3 Å². The third-order valence-corrected chi connectivity index (χ3v) is 4.28. The van der Waals surface area contributed by atoms with E-state index in [4.69, 9.17) is 0 Å². The summed E-state index contributed by atoms with van der Waals surface area (Å²) >= 11 is 0. The highest BCUT2D eigenvalue weighted by Gasteiger charge is 2.18. The third kappa shape index (κ3) is 4.95. The van der Waals surface area contributed by atoms with E-state index in [0.717, 1.165) is 5.57 Å². The van der Waals surface area contributed by atoms with Crippen molar-refractivity contribution in [1.82, 2.24) is 4.98 Å². The normalized spacial score (nSPS) is 14.3. The molecule has 27 heavy (non-hydrogen) atoms. The largest absolute Gasteiger partial charge is 0.508 e. The molecule has 0 bridgehead atoms. The van der Waals surface area contributed by atoms with Crippen molar-refractivity contribution in [2.45, 2.75) is 26.9 Å². The van der Waals surface area contributed by atoms with Gasteiger partial charge in [-0.2, -0.15) is 0 Å². The molecule has 0 fully saturated rings. The van der Waals surface area contributed by atoms with Crippen LogP contribution in [0.15, 0.2) is 59.1 Å². The van der Waals surface area contributed by atoms with Crippen LogP contribution in [-0.4, -0.2) is 32.2 Å². The summed E-state index contributed by atoms with van der Waals surface area (Å²) in [6.45, 7) is 5.30. The number of aromatic amines is 1. The molecule has 1 heterocycles. The Kier molecular flexibility index (Phi) is 6.36. The number of nitrogens with one attached hydrogen (secondary N) is 1. The van der Waals surface area contributed by atoms with E-state index in [1.807, 2.05) is 13.0 Å². The van der Waals surface area contributed by atoms with Crippen LogP contribution in [0, 0.1) is 5.92 Å². The van der Waals surface area contributed by atoms with E-state index in [0.29, 0.717) is 5.56 Å². The molecule has 1 aromatic heterocycles. The van der Waals surface area contributed by atoms with Gasteiger partial charge in [-0.1, -0.05) is 36.8 Å². The number of aromatic nitrogens is 1. The van der Waals surface area contributed by atoms with Crippen LogP contribution in [0.5, 0.6) is 11.5 Å². The van der Waals surface area contributed by atoms with Crippen molar-refractivity contribution >= 4 is 5.78 Å². The van der Waals surface area contributed by atoms with Gasteiger partial charge in [0.1, 0.15) is 17.1 Å². The zero-order valence-electron chi connectivity index (χ0n) is 15.4. The summed E-state index contributed by atoms with van der Waals surface area (Å²) in [6, 6.07) is 6.02. The summed E-state index contributed by atoms with van der Waals surface area (Å²) in [4.78, 5) is 27.0. The van der Waals surface area contributed by atoms with Crippen LogP contribution in [0.3, 0.4) is 0 Å². The molecule has 2 atom stereocenters. The molecule has 0 spiro atoms. The Hall–Kier alpha value is -3.12. The molecule has 142 valence electrons. The van der Waals surface area contributed by atoms with Gasteiger partial charge in [0.15, 0.2) is 5.78 Å². The Bertz CT molecular complexity index is 936. The Balaban J connectivity index is 2.36. The lowest BCUT2D eigenvalue weighted by atomic mass is 10.0. The van der Waals surface area contributed by atoms with Crippen molar-refractivity contribution in [3.63, 3.8) is 0 Å². The minimum absolute atomic E-state index is 0.0654. The number of pyridine rings is 1. The molecule has 0 aliphatic heterocycles. The summed E-state index contributed by atoms with van der Waals surface area (Å²) in [5.74, 6) is -1.07. The van der Waals surface area contributed by atoms with E-state index in [1.165, 1.54) is 30.5 Å². The van der Waals surface area contributed by atoms with Crippen LogP contribution in [0.1, 0.15) is 31.1 Å². The predicted octanol–water partition coefficient (Wildman–Crippen LogP) is 3.16. The van der Waals surface area contributed by atoms with E-state index >= 15 is 0 Å². The molecule has 2 unspecified atom stereocenters. The lowest BCUT2D eigenvalue weighted by Gasteiger charge is -2.10. The highest BCUT2D eigenvalue weighted by Crippen LogP contribution is 2.31. The lowest BCUT2D eigenvalue weighted by Crippen LogP contribution is -2.16. The van der Waals surface area contributed by atoms with E-state index < -0.39 is 23.2 Å². The molecule has 1 aromatic carbocycles. The van der Waals surface area contributed by atoms with Gasteiger partial charge in [-0.05, 0) is 37.6 Å². The van der Waals surface area contributed by atoms with Crippen LogP contribution < -0.4 is 5.56 Å². The smallest absolute Gasteiger partial charge is 0.263 e. The van der Waals surface area contributed by atoms with Crippen LogP contribution >= 0.6 is 0 Å². The SMILES string of the molecule is CC(C=CC(=O)c1c(O)c(-c2ccc(O)cc2)c[nH]c1=O)=CC(C)C(C)O. The average Bonchev–Trinajstić information content (AvgIpc) is 2.61. The highest BCUT2D eigenvalue weighted by atomic mass is 16.3. The number of phenolic OH excluding ortho intramolecular Hbond substituents is 1. The molecule has 0 radical (unpaired) electrons. The van der Waals surface area contributed by atoms with Gasteiger partial charge in [0.05, 0.1) is 6.10 Å². The first kappa shape index (κ1) is 20.2. The maximum absolute atomic E-state index is 12.5. The van der Waals surface area contributed by atoms with Gasteiger partial charge >= 0.3 is 0 Å². The number of hydrogen-bond acceptors (Lipinski definition) is 5. The zero-order chi connectivity index (χ0) is 20.1. The number of benzene rings is 1. The van der Waals surface area contributed by atoms with E-state index in [1.54, 1.807) is 26.0 Å². The molecule has 0 aliphatic carbocycles. The Morgan fingerprint density at radius 1 is 1.11 bits per heavy atom. The van der Waals surface area contributed by atoms with Crippen molar-refractivity contribution in [2.24, 2.45) is 5.92 Å². The Labute approximate surface area is 157 Å². The highest BCUT2D eigenvalue weighted by molar-refractivity contribution is 6.07. The maximum Gasteiger partial charge on any atom is 0.263 e. The number of allylic oxidation sites excluding steroid dienone is 3. The first-order valence-corrected chi connectivity index (χ1v) is 8.53. The molecule has 0 saturated heterocycles. The maximum atomic E-state index is 12.5. The molecule has 0 amide bonds. The number of carbonyl (C=O) groups excluding carboxylic acids is 1. The summed E-state index contributed by atoms with van der Waals surface area (Å²) in [7, 11) is 0. The van der Waals surface area contributed by atoms with Crippen molar-refractivity contribution < 1.29 is 20.1 Å². The first-order chi connectivity index (χ1) is 12.7. The molecule has 2 rings (SSSR count). The number of aliphatic hydroxyl groups excluding tert-OH is 1. The second kappa shape index (κ2) is 8.51. The fraction of sp³-hybridized carbons (Fsp3) is 0.238. The van der Waals surface area contributed by atoms with Crippen LogP contribution in [0.4, 0.5) is 0 Å². The Morgan fingerprint density at radius 3 is 2.33 bits per heavy atom. The monoisotopic (exact) mass is 369 g/mol. The third-order valence-electron chi connectivity index (χ3n) is 4.28. The van der Waals surface area contributed by atoms with Gasteiger partial charge in [-0.25, -0.2) is 0 Å². The zero-order valence-corrected chi connectivity index (χ0v) is 15.4. The molecular weight excluding hydrogens is 346 g/mol. The predicted molar refractivity (Wildman–Crippen MR) is 104 cm³/mol. The summed E-state index contributed by atoms with van der Waals surface area (Å²) in [5.41, 5.74) is 0.530. The second-order valence-corrected chi connectivity index (χ2v) is 6.51. The first-order valence-electron chi connectivity index (χ1n) is 8.53. The van der Waals surface area contributed by atoms with Gasteiger partial charge in [-0.15, -0.1) is 0 Å². The van der Waals surface area contributed by atoms with Crippen LogP contribution in [0.25, 0.3) is 11.1 Å². The van der Waals surface area contributed by atoms with Gasteiger partial charge in [0.25, 0.3) is 5.56 Å². The molecule has 6 heteroatoms. The van der Waals surface area contributed by atoms with Gasteiger partial charge in [-0.3, -0.25) is 9.59 Å². The minimum atomic E-state index is -0.691. The van der Waals surface area contributed by atoms with Gasteiger partial charge in [0, 0.05) is 17.7 Å². The molecule has 6 nitrogen and oxygen atoms in total. The number of carbonyl (C=O) groups is 1. The van der Waals surface area contributed by atoms with Crippen molar-refractivity contribution in [1.29, 1.82) is 0 Å². The molecule has 0 aliphatic rings. The van der Waals surface area contributed by atoms with Crippen molar-refractivity contribution in [3.8, 4) is 22.6 Å². The fourth-order valence-corrected chi connectivity index (χ4v) is 2.51. The lowest BCUT2D eigenvalue weighted by molar-refractivity contribution is 0.104. The van der Waals surface area contributed by atoms with Crippen molar-refractivity contribution in [3.05, 3.63) is 70.2 Å². The minimum Gasteiger partial charge on any atom is -0.508 e. The molecule has 2 aromatic rings. The number of ketones is 1. The summed E-state index contributed by atoms with van der Waals surface area (Å²) in [5, 5.41) is 29.4. The molecule has 0 saturated carbocycles. The van der Waals surface area contributed by atoms with Crippen molar-refractivity contribution in [2.75, 3.05) is 0 Å². The average molecular weight is 369 g/mol. The topological polar surface area (TPSA) is 111 Å². The van der Waals surface area contributed by atoms with Crippen LogP contribution in [0.2, 0.25) is 0 Å². The summed E-state index contributed by atoms with van der Waals surface area (Å²) < 4.78 is 0.